The van der Waals surface area contributed by atoms with E-state index in [4.69, 9.17) is 0 Å². The summed E-state index contributed by atoms with van der Waals surface area (Å²) in [4.78, 5) is 4.53. The number of nitrogens with zero attached hydrogens (tertiary/aromatic N) is 1. The molecule has 0 fully saturated rings. The van der Waals surface area contributed by atoms with Crippen molar-refractivity contribution < 1.29 is 0 Å². The molecule has 88 valence electrons. The van der Waals surface area contributed by atoms with Crippen LogP contribution in [0.3, 0.4) is 0 Å². The normalized spacial score (nSPS) is 24.8. The lowest BCUT2D eigenvalue weighted by Gasteiger charge is -2.18. The van der Waals surface area contributed by atoms with Crippen molar-refractivity contribution in [1.82, 2.24) is 5.32 Å². The van der Waals surface area contributed by atoms with Gasteiger partial charge in [0.25, 0.3) is 0 Å². The SMILES string of the molecule is CCC(C)CC(C)NC1=NCC(CC)S1. The molecular weight excluding hydrogens is 204 g/mol. The van der Waals surface area contributed by atoms with Gasteiger partial charge in [0.2, 0.25) is 0 Å². The number of thioether (sulfide) groups is 1. The van der Waals surface area contributed by atoms with Gasteiger partial charge in [0.05, 0.1) is 6.54 Å². The molecule has 15 heavy (non-hydrogen) atoms. The fraction of sp³-hybridized carbons (Fsp3) is 0.917. The molecule has 0 aromatic carbocycles. The van der Waals surface area contributed by atoms with Crippen LogP contribution in [-0.2, 0) is 0 Å². The zero-order valence-corrected chi connectivity index (χ0v) is 11.2. The third-order valence-corrected chi connectivity index (χ3v) is 4.28. The van der Waals surface area contributed by atoms with E-state index in [-0.39, 0.29) is 0 Å². The molecule has 1 heterocycles. The van der Waals surface area contributed by atoms with Gasteiger partial charge in [0.15, 0.2) is 5.17 Å². The first-order valence-electron chi connectivity index (χ1n) is 6.13. The molecule has 3 atom stereocenters. The summed E-state index contributed by atoms with van der Waals surface area (Å²) in [5, 5.41) is 5.40. The summed E-state index contributed by atoms with van der Waals surface area (Å²) >= 11 is 1.91. The number of hydrogen-bond donors (Lipinski definition) is 1. The average molecular weight is 228 g/mol. The molecule has 0 radical (unpaired) electrons. The minimum Gasteiger partial charge on any atom is -0.362 e. The molecule has 0 spiro atoms. The summed E-state index contributed by atoms with van der Waals surface area (Å²) in [6, 6.07) is 0.557. The molecule has 1 aliphatic heterocycles. The van der Waals surface area contributed by atoms with E-state index in [9.17, 15) is 0 Å². The number of aliphatic imine (C=N–C) groups is 1. The molecule has 3 unspecified atom stereocenters. The molecule has 0 saturated heterocycles. The Morgan fingerprint density at radius 3 is 2.73 bits per heavy atom. The Morgan fingerprint density at radius 1 is 1.47 bits per heavy atom. The Labute approximate surface area is 98.3 Å². The molecule has 0 aliphatic carbocycles. The highest BCUT2D eigenvalue weighted by molar-refractivity contribution is 8.14. The summed E-state index contributed by atoms with van der Waals surface area (Å²) < 4.78 is 0. The Bertz CT molecular complexity index is 216. The van der Waals surface area contributed by atoms with Gasteiger partial charge in [0, 0.05) is 11.3 Å². The second kappa shape index (κ2) is 6.41. The van der Waals surface area contributed by atoms with E-state index in [1.807, 2.05) is 11.8 Å². The van der Waals surface area contributed by atoms with Gasteiger partial charge in [-0.25, -0.2) is 0 Å². The first-order chi connectivity index (χ1) is 7.15. The van der Waals surface area contributed by atoms with Crippen molar-refractivity contribution in [3.8, 4) is 0 Å². The lowest BCUT2D eigenvalue weighted by atomic mass is 10.0. The van der Waals surface area contributed by atoms with Crippen LogP contribution < -0.4 is 5.32 Å². The molecule has 0 aromatic rings. The van der Waals surface area contributed by atoms with Crippen molar-refractivity contribution in [3.05, 3.63) is 0 Å². The number of hydrogen-bond acceptors (Lipinski definition) is 3. The summed E-state index contributed by atoms with van der Waals surface area (Å²) in [5.41, 5.74) is 0. The van der Waals surface area contributed by atoms with Crippen molar-refractivity contribution in [2.24, 2.45) is 10.9 Å². The van der Waals surface area contributed by atoms with E-state index in [2.05, 4.69) is 38.0 Å². The minimum atomic E-state index is 0.557. The number of amidine groups is 1. The van der Waals surface area contributed by atoms with Crippen LogP contribution in [0.4, 0.5) is 0 Å². The Hall–Kier alpha value is -0.180. The third-order valence-electron chi connectivity index (χ3n) is 2.99. The predicted octanol–water partition coefficient (Wildman–Crippen LogP) is 3.28. The second-order valence-electron chi connectivity index (χ2n) is 4.59. The van der Waals surface area contributed by atoms with E-state index in [0.717, 1.165) is 17.6 Å². The van der Waals surface area contributed by atoms with Crippen LogP contribution in [0.15, 0.2) is 4.99 Å². The molecule has 0 aromatic heterocycles. The average Bonchev–Trinajstić information content (AvgIpc) is 2.65. The maximum absolute atomic E-state index is 4.53. The first kappa shape index (κ1) is 12.9. The van der Waals surface area contributed by atoms with Crippen LogP contribution in [0.1, 0.15) is 47.0 Å². The quantitative estimate of drug-likeness (QED) is 0.781. The standard InChI is InChI=1S/C12H24N2S/c1-5-9(3)7-10(4)14-12-13-8-11(6-2)15-12/h9-11H,5-8H2,1-4H3,(H,13,14). The molecule has 1 N–H and O–H groups in total. The van der Waals surface area contributed by atoms with E-state index >= 15 is 0 Å². The minimum absolute atomic E-state index is 0.557. The van der Waals surface area contributed by atoms with Gasteiger partial charge < -0.3 is 5.32 Å². The van der Waals surface area contributed by atoms with Crippen LogP contribution in [0.25, 0.3) is 0 Å². The maximum Gasteiger partial charge on any atom is 0.157 e. The van der Waals surface area contributed by atoms with Gasteiger partial charge in [-0.15, -0.1) is 0 Å². The molecule has 1 aliphatic rings. The molecule has 0 bridgehead atoms. The molecule has 0 saturated carbocycles. The zero-order chi connectivity index (χ0) is 11.3. The highest BCUT2D eigenvalue weighted by Crippen LogP contribution is 2.22. The smallest absolute Gasteiger partial charge is 0.157 e. The van der Waals surface area contributed by atoms with E-state index in [1.165, 1.54) is 19.3 Å². The van der Waals surface area contributed by atoms with Crippen molar-refractivity contribution in [1.29, 1.82) is 0 Å². The van der Waals surface area contributed by atoms with Gasteiger partial charge in [-0.3, -0.25) is 4.99 Å². The van der Waals surface area contributed by atoms with Crippen LogP contribution in [-0.4, -0.2) is 23.0 Å². The number of rotatable bonds is 5. The highest BCUT2D eigenvalue weighted by Gasteiger charge is 2.19. The van der Waals surface area contributed by atoms with Gasteiger partial charge in [0.1, 0.15) is 0 Å². The molecular formula is C12H24N2S. The summed E-state index contributed by atoms with van der Waals surface area (Å²) in [7, 11) is 0. The summed E-state index contributed by atoms with van der Waals surface area (Å²) in [6.45, 7) is 10.1. The van der Waals surface area contributed by atoms with Gasteiger partial charge in [-0.2, -0.15) is 0 Å². The first-order valence-corrected chi connectivity index (χ1v) is 7.01. The van der Waals surface area contributed by atoms with Crippen LogP contribution >= 0.6 is 11.8 Å². The van der Waals surface area contributed by atoms with Crippen LogP contribution in [0.2, 0.25) is 0 Å². The fourth-order valence-electron chi connectivity index (χ4n) is 1.75. The Kier molecular flexibility index (Phi) is 5.51. The molecule has 1 rings (SSSR count). The largest absolute Gasteiger partial charge is 0.362 e. The molecule has 3 heteroatoms. The third kappa shape index (κ3) is 4.45. The Balaban J connectivity index is 2.24. The summed E-state index contributed by atoms with van der Waals surface area (Å²) in [5.74, 6) is 0.807. The van der Waals surface area contributed by atoms with Crippen molar-refractivity contribution in [2.45, 2.75) is 58.2 Å². The van der Waals surface area contributed by atoms with Crippen LogP contribution in [0, 0.1) is 5.92 Å². The van der Waals surface area contributed by atoms with Gasteiger partial charge in [-0.05, 0) is 25.7 Å². The van der Waals surface area contributed by atoms with Gasteiger partial charge >= 0.3 is 0 Å². The molecule has 0 amide bonds. The monoisotopic (exact) mass is 228 g/mol. The van der Waals surface area contributed by atoms with E-state index < -0.39 is 0 Å². The van der Waals surface area contributed by atoms with E-state index in [1.54, 1.807) is 0 Å². The van der Waals surface area contributed by atoms with Crippen molar-refractivity contribution >= 4 is 16.9 Å². The second-order valence-corrected chi connectivity index (χ2v) is 5.88. The van der Waals surface area contributed by atoms with Gasteiger partial charge in [-0.1, -0.05) is 39.0 Å². The van der Waals surface area contributed by atoms with Crippen molar-refractivity contribution in [3.63, 3.8) is 0 Å². The topological polar surface area (TPSA) is 24.4 Å². The summed E-state index contributed by atoms with van der Waals surface area (Å²) in [6.07, 6.45) is 3.73. The molecule has 2 nitrogen and oxygen atoms in total. The zero-order valence-electron chi connectivity index (χ0n) is 10.4. The highest BCUT2D eigenvalue weighted by atomic mass is 32.2. The lowest BCUT2D eigenvalue weighted by molar-refractivity contribution is 0.449. The van der Waals surface area contributed by atoms with E-state index in [0.29, 0.717) is 11.3 Å². The van der Waals surface area contributed by atoms with Crippen LogP contribution in [0.5, 0.6) is 0 Å². The fourth-order valence-corrected chi connectivity index (χ4v) is 2.80. The predicted molar refractivity (Wildman–Crippen MR) is 70.6 cm³/mol. The van der Waals surface area contributed by atoms with Crippen molar-refractivity contribution in [2.75, 3.05) is 6.54 Å². The lowest BCUT2D eigenvalue weighted by Crippen LogP contribution is -2.31. The maximum atomic E-state index is 4.53. The Morgan fingerprint density at radius 2 is 2.20 bits per heavy atom. The number of nitrogens with one attached hydrogen (secondary N) is 1.